The molecule has 2 rings (SSSR count). The largest absolute Gasteiger partial charge is 0.478 e. The van der Waals surface area contributed by atoms with E-state index in [-0.39, 0.29) is 0 Å². The van der Waals surface area contributed by atoms with Gasteiger partial charge in [-0.25, -0.2) is 4.79 Å². The third-order valence-corrected chi connectivity index (χ3v) is 3.97. The minimum Gasteiger partial charge on any atom is -0.478 e. The highest BCUT2D eigenvalue weighted by atomic mass is 16.4. The van der Waals surface area contributed by atoms with Crippen LogP contribution in [-0.2, 0) is 0 Å². The van der Waals surface area contributed by atoms with Crippen molar-refractivity contribution in [2.24, 2.45) is 0 Å². The Hall–Kier alpha value is -1.55. The number of piperidine rings is 1. The minimum absolute atomic E-state index is 0.349. The zero-order chi connectivity index (χ0) is 14.5. The molecule has 0 aromatic heterocycles. The van der Waals surface area contributed by atoms with Gasteiger partial charge >= 0.3 is 5.97 Å². The predicted molar refractivity (Wildman–Crippen MR) is 81.5 cm³/mol. The number of hydrogen-bond acceptors (Lipinski definition) is 3. The average Bonchev–Trinajstić information content (AvgIpc) is 2.43. The lowest BCUT2D eigenvalue weighted by atomic mass is 10.0. The van der Waals surface area contributed by atoms with Crippen LogP contribution in [0.15, 0.2) is 18.2 Å². The molecule has 0 spiro atoms. The molecule has 0 aliphatic carbocycles. The quantitative estimate of drug-likeness (QED) is 0.868. The lowest BCUT2D eigenvalue weighted by Crippen LogP contribution is -2.39. The molecule has 0 bridgehead atoms. The predicted octanol–water partition coefficient (Wildman–Crippen LogP) is 2.98. The Labute approximate surface area is 120 Å². The van der Waals surface area contributed by atoms with Gasteiger partial charge in [-0.1, -0.05) is 13.0 Å². The number of benzene rings is 1. The van der Waals surface area contributed by atoms with Crippen molar-refractivity contribution in [2.75, 3.05) is 25.0 Å². The number of hydrogen-bond donors (Lipinski definition) is 2. The molecule has 4 nitrogen and oxygen atoms in total. The Morgan fingerprint density at radius 3 is 2.70 bits per heavy atom. The van der Waals surface area contributed by atoms with Gasteiger partial charge in [0.25, 0.3) is 0 Å². The summed E-state index contributed by atoms with van der Waals surface area (Å²) >= 11 is 0. The van der Waals surface area contributed by atoms with Gasteiger partial charge in [-0.15, -0.1) is 0 Å². The Kier molecular flexibility index (Phi) is 5.01. The van der Waals surface area contributed by atoms with Crippen molar-refractivity contribution in [2.45, 2.75) is 39.2 Å². The zero-order valence-corrected chi connectivity index (χ0v) is 12.4. The van der Waals surface area contributed by atoms with Crippen LogP contribution < -0.4 is 5.32 Å². The van der Waals surface area contributed by atoms with Gasteiger partial charge in [-0.2, -0.15) is 0 Å². The van der Waals surface area contributed by atoms with Gasteiger partial charge in [0.05, 0.1) is 5.56 Å². The van der Waals surface area contributed by atoms with Crippen molar-refractivity contribution in [1.29, 1.82) is 0 Å². The zero-order valence-electron chi connectivity index (χ0n) is 12.4. The Morgan fingerprint density at radius 2 is 2.10 bits per heavy atom. The van der Waals surface area contributed by atoms with Crippen molar-refractivity contribution in [1.82, 2.24) is 4.90 Å². The summed E-state index contributed by atoms with van der Waals surface area (Å²) < 4.78 is 0. The van der Waals surface area contributed by atoms with Gasteiger partial charge in [0.1, 0.15) is 0 Å². The van der Waals surface area contributed by atoms with Crippen LogP contribution >= 0.6 is 0 Å². The van der Waals surface area contributed by atoms with Gasteiger partial charge in [0.15, 0.2) is 0 Å². The van der Waals surface area contributed by atoms with Gasteiger partial charge in [-0.05, 0) is 50.4 Å². The van der Waals surface area contributed by atoms with Crippen molar-refractivity contribution < 1.29 is 9.90 Å². The van der Waals surface area contributed by atoms with Crippen LogP contribution in [-0.4, -0.2) is 41.7 Å². The average molecular weight is 276 g/mol. The minimum atomic E-state index is -0.870. The molecule has 110 valence electrons. The molecule has 0 atom stereocenters. The fourth-order valence-corrected chi connectivity index (χ4v) is 2.75. The number of likely N-dealkylation sites (tertiary alicyclic amines) is 1. The smallest absolute Gasteiger partial charge is 0.335 e. The highest BCUT2D eigenvalue weighted by Crippen LogP contribution is 2.21. The van der Waals surface area contributed by atoms with Crippen LogP contribution in [0.25, 0.3) is 0 Å². The normalized spacial score (nSPS) is 17.1. The first-order valence-corrected chi connectivity index (χ1v) is 7.43. The summed E-state index contributed by atoms with van der Waals surface area (Å²) in [6, 6.07) is 5.73. The SMILES string of the molecule is CCCN1CCC(Nc2cc(C(=O)O)ccc2C)CC1. The number of carboxylic acid groups (broad SMARTS) is 1. The second-order valence-electron chi connectivity index (χ2n) is 5.60. The van der Waals surface area contributed by atoms with E-state index >= 15 is 0 Å². The summed E-state index contributed by atoms with van der Waals surface area (Å²) in [5.41, 5.74) is 2.41. The van der Waals surface area contributed by atoms with E-state index in [1.807, 2.05) is 13.0 Å². The molecule has 1 aromatic rings. The molecular formula is C16H24N2O2. The van der Waals surface area contributed by atoms with Crippen molar-refractivity contribution in [3.8, 4) is 0 Å². The number of aryl methyl sites for hydroxylation is 1. The lowest BCUT2D eigenvalue weighted by Gasteiger charge is -2.33. The number of anilines is 1. The molecule has 1 saturated heterocycles. The molecule has 1 aromatic carbocycles. The number of nitrogens with one attached hydrogen (secondary N) is 1. The highest BCUT2D eigenvalue weighted by molar-refractivity contribution is 5.89. The third kappa shape index (κ3) is 3.73. The monoisotopic (exact) mass is 276 g/mol. The molecule has 20 heavy (non-hydrogen) atoms. The van der Waals surface area contributed by atoms with E-state index in [2.05, 4.69) is 17.1 Å². The Balaban J connectivity index is 1.97. The van der Waals surface area contributed by atoms with E-state index in [9.17, 15) is 4.79 Å². The van der Waals surface area contributed by atoms with Crippen molar-refractivity contribution in [3.05, 3.63) is 29.3 Å². The molecule has 2 N–H and O–H groups in total. The topological polar surface area (TPSA) is 52.6 Å². The fraction of sp³-hybridized carbons (Fsp3) is 0.562. The molecule has 1 aliphatic heterocycles. The van der Waals surface area contributed by atoms with E-state index in [1.165, 1.54) is 13.0 Å². The molecule has 1 aliphatic rings. The summed E-state index contributed by atoms with van der Waals surface area (Å²) in [5, 5.41) is 12.6. The maximum atomic E-state index is 11.0. The molecule has 4 heteroatoms. The lowest BCUT2D eigenvalue weighted by molar-refractivity contribution is 0.0697. The molecule has 0 amide bonds. The van der Waals surface area contributed by atoms with Crippen LogP contribution in [0.2, 0.25) is 0 Å². The molecule has 1 fully saturated rings. The number of rotatable bonds is 5. The van der Waals surface area contributed by atoms with Crippen molar-refractivity contribution >= 4 is 11.7 Å². The molecule has 1 heterocycles. The Morgan fingerprint density at radius 1 is 1.40 bits per heavy atom. The summed E-state index contributed by atoms with van der Waals surface area (Å²) in [6.45, 7) is 7.66. The number of nitrogens with zero attached hydrogens (tertiary/aromatic N) is 1. The molecule has 0 radical (unpaired) electrons. The van der Waals surface area contributed by atoms with Gasteiger partial charge in [0.2, 0.25) is 0 Å². The second-order valence-corrected chi connectivity index (χ2v) is 5.60. The third-order valence-electron chi connectivity index (χ3n) is 3.97. The number of aromatic carboxylic acids is 1. The molecule has 0 unspecified atom stereocenters. The fourth-order valence-electron chi connectivity index (χ4n) is 2.75. The van der Waals surface area contributed by atoms with E-state index in [1.54, 1.807) is 12.1 Å². The standard InChI is InChI=1S/C16H24N2O2/c1-3-8-18-9-6-14(7-10-18)17-15-11-13(16(19)20)5-4-12(15)2/h4-5,11,14,17H,3,6-10H2,1-2H3,(H,19,20). The van der Waals surface area contributed by atoms with Crippen LogP contribution in [0.5, 0.6) is 0 Å². The molecular weight excluding hydrogens is 252 g/mol. The Bertz CT molecular complexity index is 466. The van der Waals surface area contributed by atoms with Crippen LogP contribution in [0.3, 0.4) is 0 Å². The van der Waals surface area contributed by atoms with E-state index < -0.39 is 5.97 Å². The van der Waals surface area contributed by atoms with Crippen LogP contribution in [0.4, 0.5) is 5.69 Å². The summed E-state index contributed by atoms with van der Waals surface area (Å²) in [7, 11) is 0. The maximum Gasteiger partial charge on any atom is 0.335 e. The van der Waals surface area contributed by atoms with Gasteiger partial charge in [-0.3, -0.25) is 0 Å². The van der Waals surface area contributed by atoms with E-state index in [0.29, 0.717) is 11.6 Å². The molecule has 0 saturated carbocycles. The number of carbonyl (C=O) groups is 1. The van der Waals surface area contributed by atoms with E-state index in [0.717, 1.165) is 37.2 Å². The van der Waals surface area contributed by atoms with E-state index in [4.69, 9.17) is 5.11 Å². The first-order chi connectivity index (χ1) is 9.60. The summed E-state index contributed by atoms with van der Waals surface area (Å²) in [5.74, 6) is -0.870. The van der Waals surface area contributed by atoms with Gasteiger partial charge < -0.3 is 15.3 Å². The summed E-state index contributed by atoms with van der Waals surface area (Å²) in [4.78, 5) is 13.5. The first-order valence-electron chi connectivity index (χ1n) is 7.43. The number of carboxylic acids is 1. The van der Waals surface area contributed by atoms with Crippen LogP contribution in [0, 0.1) is 6.92 Å². The van der Waals surface area contributed by atoms with Crippen molar-refractivity contribution in [3.63, 3.8) is 0 Å². The maximum absolute atomic E-state index is 11.0. The highest BCUT2D eigenvalue weighted by Gasteiger charge is 2.19. The summed E-state index contributed by atoms with van der Waals surface area (Å²) in [6.07, 6.45) is 3.45. The van der Waals surface area contributed by atoms with Gasteiger partial charge in [0, 0.05) is 24.8 Å². The van der Waals surface area contributed by atoms with Crippen LogP contribution in [0.1, 0.15) is 42.1 Å². The second kappa shape index (κ2) is 6.75. The first kappa shape index (κ1) is 14.9.